The summed E-state index contributed by atoms with van der Waals surface area (Å²) in [6.45, 7) is 0.517. The van der Waals surface area contributed by atoms with Crippen LogP contribution in [0.3, 0.4) is 0 Å². The Bertz CT molecular complexity index is 403. The lowest BCUT2D eigenvalue weighted by atomic mass is 10.4. The van der Waals surface area contributed by atoms with Crippen molar-refractivity contribution >= 4 is 37.8 Å². The van der Waals surface area contributed by atoms with Gasteiger partial charge < -0.3 is 9.52 Å². The van der Waals surface area contributed by atoms with Crippen LogP contribution in [0.1, 0.15) is 5.76 Å². The van der Waals surface area contributed by atoms with Crippen LogP contribution in [0.15, 0.2) is 19.6 Å². The van der Waals surface area contributed by atoms with Crippen molar-refractivity contribution < 1.29 is 14.3 Å². The zero-order chi connectivity index (χ0) is 12.1. The van der Waals surface area contributed by atoms with E-state index in [1.54, 1.807) is 11.0 Å². The summed E-state index contributed by atoms with van der Waals surface area (Å²) < 4.78 is 6.71. The zero-order valence-corrected chi connectivity index (χ0v) is 11.4. The fourth-order valence-corrected chi connectivity index (χ4v) is 1.84. The van der Waals surface area contributed by atoms with Gasteiger partial charge in [0, 0.05) is 0 Å². The van der Waals surface area contributed by atoms with E-state index in [0.717, 1.165) is 4.47 Å². The highest BCUT2D eigenvalue weighted by molar-refractivity contribution is 9.13. The van der Waals surface area contributed by atoms with E-state index in [4.69, 9.17) is 15.9 Å². The third-order valence-corrected chi connectivity index (χ3v) is 3.46. The first-order valence-electron chi connectivity index (χ1n) is 4.34. The fourth-order valence-electron chi connectivity index (χ4n) is 1.18. The van der Waals surface area contributed by atoms with Crippen molar-refractivity contribution in [1.29, 1.82) is 0 Å². The van der Waals surface area contributed by atoms with E-state index >= 15 is 0 Å². The number of rotatable bonds is 5. The SMILES string of the molecule is C#CCN(CC(=O)O)Cc1cc(Br)c(Br)o1. The molecule has 0 aromatic carbocycles. The average molecular weight is 351 g/mol. The molecule has 1 aromatic heterocycles. The van der Waals surface area contributed by atoms with Gasteiger partial charge >= 0.3 is 5.97 Å². The Balaban J connectivity index is 2.68. The summed E-state index contributed by atoms with van der Waals surface area (Å²) in [7, 11) is 0. The number of terminal acetylenes is 1. The lowest BCUT2D eigenvalue weighted by Gasteiger charge is -2.15. The highest BCUT2D eigenvalue weighted by Crippen LogP contribution is 2.27. The van der Waals surface area contributed by atoms with Crippen LogP contribution in [0.2, 0.25) is 0 Å². The third-order valence-electron chi connectivity index (χ3n) is 1.75. The highest BCUT2D eigenvalue weighted by Gasteiger charge is 2.13. The molecule has 0 bridgehead atoms. The Morgan fingerprint density at radius 2 is 2.31 bits per heavy atom. The van der Waals surface area contributed by atoms with Gasteiger partial charge in [0.1, 0.15) is 5.76 Å². The van der Waals surface area contributed by atoms with Crippen molar-refractivity contribution in [3.8, 4) is 12.3 Å². The highest BCUT2D eigenvalue weighted by atomic mass is 79.9. The molecule has 0 aliphatic rings. The van der Waals surface area contributed by atoms with E-state index in [9.17, 15) is 4.79 Å². The lowest BCUT2D eigenvalue weighted by Crippen LogP contribution is -2.29. The van der Waals surface area contributed by atoms with Crippen LogP contribution in [0.4, 0.5) is 0 Å². The number of hydrogen-bond donors (Lipinski definition) is 1. The maximum atomic E-state index is 10.6. The molecule has 0 saturated heterocycles. The lowest BCUT2D eigenvalue weighted by molar-refractivity contribution is -0.138. The second-order valence-electron chi connectivity index (χ2n) is 3.08. The third kappa shape index (κ3) is 4.00. The summed E-state index contributed by atoms with van der Waals surface area (Å²) in [6, 6.07) is 1.77. The predicted molar refractivity (Wildman–Crippen MR) is 65.9 cm³/mol. The first-order valence-corrected chi connectivity index (χ1v) is 5.93. The van der Waals surface area contributed by atoms with Crippen LogP contribution in [-0.2, 0) is 11.3 Å². The molecule has 0 aliphatic carbocycles. The van der Waals surface area contributed by atoms with Crippen LogP contribution in [0.5, 0.6) is 0 Å². The molecule has 16 heavy (non-hydrogen) atoms. The van der Waals surface area contributed by atoms with Crippen LogP contribution in [0, 0.1) is 12.3 Å². The second kappa shape index (κ2) is 6.09. The molecule has 0 fully saturated rings. The van der Waals surface area contributed by atoms with E-state index in [-0.39, 0.29) is 13.1 Å². The Morgan fingerprint density at radius 1 is 1.62 bits per heavy atom. The van der Waals surface area contributed by atoms with E-state index in [1.807, 2.05) is 0 Å². The van der Waals surface area contributed by atoms with Crippen LogP contribution in [0.25, 0.3) is 0 Å². The Morgan fingerprint density at radius 3 is 2.75 bits per heavy atom. The maximum Gasteiger partial charge on any atom is 0.317 e. The van der Waals surface area contributed by atoms with Crippen molar-refractivity contribution in [3.05, 3.63) is 21.0 Å². The molecular formula is C10H9Br2NO3. The van der Waals surface area contributed by atoms with Crippen molar-refractivity contribution in [1.82, 2.24) is 4.90 Å². The summed E-state index contributed by atoms with van der Waals surface area (Å²) in [5, 5.41) is 8.69. The van der Waals surface area contributed by atoms with Gasteiger partial charge in [-0.1, -0.05) is 5.92 Å². The van der Waals surface area contributed by atoms with Gasteiger partial charge in [-0.25, -0.2) is 0 Å². The van der Waals surface area contributed by atoms with Gasteiger partial charge in [-0.05, 0) is 37.9 Å². The van der Waals surface area contributed by atoms with Crippen molar-refractivity contribution in [2.75, 3.05) is 13.1 Å². The number of aliphatic carboxylic acids is 1. The van der Waals surface area contributed by atoms with E-state index in [2.05, 4.69) is 37.8 Å². The molecule has 1 heterocycles. The molecule has 1 N–H and O–H groups in total. The van der Waals surface area contributed by atoms with Crippen molar-refractivity contribution in [2.24, 2.45) is 0 Å². The molecule has 0 spiro atoms. The number of carbonyl (C=O) groups is 1. The summed E-state index contributed by atoms with van der Waals surface area (Å²) in [6.07, 6.45) is 5.16. The average Bonchev–Trinajstić information content (AvgIpc) is 2.45. The fraction of sp³-hybridized carbons (Fsp3) is 0.300. The van der Waals surface area contributed by atoms with Crippen LogP contribution < -0.4 is 0 Å². The number of hydrogen-bond acceptors (Lipinski definition) is 3. The molecule has 0 amide bonds. The minimum Gasteiger partial charge on any atom is -0.480 e. The minimum atomic E-state index is -0.917. The molecule has 6 heteroatoms. The predicted octanol–water partition coefficient (Wildman–Crippen LogP) is 2.32. The number of carboxylic acids is 1. The first kappa shape index (κ1) is 13.3. The molecule has 0 saturated carbocycles. The van der Waals surface area contributed by atoms with Gasteiger partial charge in [-0.3, -0.25) is 9.69 Å². The largest absolute Gasteiger partial charge is 0.480 e. The number of halogens is 2. The van der Waals surface area contributed by atoms with E-state index in [1.165, 1.54) is 0 Å². The zero-order valence-electron chi connectivity index (χ0n) is 8.24. The first-order chi connectivity index (χ1) is 7.52. The van der Waals surface area contributed by atoms with Gasteiger partial charge in [-0.15, -0.1) is 6.42 Å². The van der Waals surface area contributed by atoms with Crippen LogP contribution >= 0.6 is 31.9 Å². The standard InChI is InChI=1S/C10H9Br2NO3/c1-2-3-13(6-9(14)15)5-7-4-8(11)10(12)16-7/h1,4H,3,5-6H2,(H,14,15). The quantitative estimate of drug-likeness (QED) is 0.828. The van der Waals surface area contributed by atoms with Crippen molar-refractivity contribution in [2.45, 2.75) is 6.54 Å². The van der Waals surface area contributed by atoms with E-state index in [0.29, 0.717) is 17.0 Å². The Kier molecular flexibility index (Phi) is 5.06. The maximum absolute atomic E-state index is 10.6. The number of furan rings is 1. The molecular weight excluding hydrogens is 342 g/mol. The van der Waals surface area contributed by atoms with Crippen LogP contribution in [-0.4, -0.2) is 29.1 Å². The summed E-state index contributed by atoms with van der Waals surface area (Å²) in [5.74, 6) is 2.14. The van der Waals surface area contributed by atoms with E-state index < -0.39 is 5.97 Å². The topological polar surface area (TPSA) is 53.7 Å². The van der Waals surface area contributed by atoms with Gasteiger partial charge in [-0.2, -0.15) is 0 Å². The molecule has 0 unspecified atom stereocenters. The van der Waals surface area contributed by atoms with Crippen molar-refractivity contribution in [3.63, 3.8) is 0 Å². The van der Waals surface area contributed by atoms with Gasteiger partial charge in [0.05, 0.1) is 24.1 Å². The van der Waals surface area contributed by atoms with Gasteiger partial charge in [0.25, 0.3) is 0 Å². The molecule has 0 aliphatic heterocycles. The Labute approximate surface area is 110 Å². The Hall–Kier alpha value is -0.770. The molecule has 4 nitrogen and oxygen atoms in total. The smallest absolute Gasteiger partial charge is 0.317 e. The normalized spacial score (nSPS) is 10.4. The second-order valence-corrected chi connectivity index (χ2v) is 4.65. The van der Waals surface area contributed by atoms with Gasteiger partial charge in [0.2, 0.25) is 0 Å². The molecule has 1 aromatic rings. The summed E-state index contributed by atoms with van der Waals surface area (Å²) in [5.41, 5.74) is 0. The summed E-state index contributed by atoms with van der Waals surface area (Å²) >= 11 is 6.49. The molecule has 86 valence electrons. The molecule has 1 rings (SSSR count). The van der Waals surface area contributed by atoms with Gasteiger partial charge in [0.15, 0.2) is 4.67 Å². The monoisotopic (exact) mass is 349 g/mol. The minimum absolute atomic E-state index is 0.111. The summed E-state index contributed by atoms with van der Waals surface area (Å²) in [4.78, 5) is 12.2. The molecule has 0 radical (unpaired) electrons. The molecule has 0 atom stereocenters. The number of nitrogens with zero attached hydrogens (tertiary/aromatic N) is 1. The number of carboxylic acid groups (broad SMARTS) is 1.